The monoisotopic (exact) mass is 206 g/mol. The van der Waals surface area contributed by atoms with Gasteiger partial charge in [-0.3, -0.25) is 9.69 Å². The van der Waals surface area contributed by atoms with Crippen LogP contribution < -0.4 is 5.32 Å². The lowest BCUT2D eigenvalue weighted by molar-refractivity contribution is -0.119. The van der Waals surface area contributed by atoms with Gasteiger partial charge in [0, 0.05) is 26.4 Å². The van der Waals surface area contributed by atoms with Crippen LogP contribution in [0.1, 0.15) is 19.8 Å². The molecule has 5 heteroatoms. The second-order valence-corrected chi connectivity index (χ2v) is 3.72. The molecular weight excluding hydrogens is 190 g/mol. The molecular formula is C9H16F2N2O. The second kappa shape index (κ2) is 4.68. The first kappa shape index (κ1) is 11.4. The zero-order chi connectivity index (χ0) is 10.6. The zero-order valence-corrected chi connectivity index (χ0v) is 8.35. The Balaban J connectivity index is 2.21. The van der Waals surface area contributed by atoms with E-state index < -0.39 is 5.92 Å². The van der Waals surface area contributed by atoms with Crippen LogP contribution in [0.5, 0.6) is 0 Å². The number of carbonyl (C=O) groups is 1. The smallest absolute Gasteiger partial charge is 0.260 e. The quantitative estimate of drug-likeness (QED) is 0.742. The Hall–Kier alpha value is -0.710. The molecule has 3 nitrogen and oxygen atoms in total. The Morgan fingerprint density at radius 2 is 2.29 bits per heavy atom. The minimum Gasteiger partial charge on any atom is -0.355 e. The van der Waals surface area contributed by atoms with E-state index in [1.807, 2.05) is 0 Å². The lowest BCUT2D eigenvalue weighted by Gasteiger charge is -2.32. The summed E-state index contributed by atoms with van der Waals surface area (Å²) < 4.78 is 25.8. The third-order valence-electron chi connectivity index (χ3n) is 2.27. The fraction of sp³-hybridized carbons (Fsp3) is 0.889. The number of rotatable bonds is 3. The number of carbonyl (C=O) groups excluding carboxylic acids is 1. The fourth-order valence-corrected chi connectivity index (χ4v) is 1.63. The van der Waals surface area contributed by atoms with Gasteiger partial charge in [-0.25, -0.2) is 8.78 Å². The highest BCUT2D eigenvalue weighted by atomic mass is 19.3. The number of alkyl halides is 2. The maximum atomic E-state index is 12.9. The van der Waals surface area contributed by atoms with Crippen molar-refractivity contribution in [2.75, 3.05) is 26.2 Å². The summed E-state index contributed by atoms with van der Waals surface area (Å²) in [6, 6.07) is 0. The summed E-state index contributed by atoms with van der Waals surface area (Å²) in [6.45, 7) is 2.91. The second-order valence-electron chi connectivity index (χ2n) is 3.72. The molecule has 1 rings (SSSR count). The van der Waals surface area contributed by atoms with Gasteiger partial charge in [-0.05, 0) is 13.0 Å². The van der Waals surface area contributed by atoms with Crippen molar-refractivity contribution in [3.8, 4) is 0 Å². The Labute approximate surface area is 82.5 Å². The van der Waals surface area contributed by atoms with Gasteiger partial charge in [0.05, 0.1) is 6.54 Å². The summed E-state index contributed by atoms with van der Waals surface area (Å²) in [5.74, 6) is -2.66. The van der Waals surface area contributed by atoms with Crippen molar-refractivity contribution in [3.63, 3.8) is 0 Å². The average molecular weight is 206 g/mol. The fourth-order valence-electron chi connectivity index (χ4n) is 1.63. The molecule has 0 aliphatic carbocycles. The van der Waals surface area contributed by atoms with Crippen molar-refractivity contribution >= 4 is 5.91 Å². The van der Waals surface area contributed by atoms with Gasteiger partial charge >= 0.3 is 0 Å². The summed E-state index contributed by atoms with van der Waals surface area (Å²) in [4.78, 5) is 12.2. The van der Waals surface area contributed by atoms with Crippen LogP contribution in [-0.2, 0) is 4.79 Å². The molecule has 14 heavy (non-hydrogen) atoms. The first-order valence-electron chi connectivity index (χ1n) is 4.84. The summed E-state index contributed by atoms with van der Waals surface area (Å²) in [5, 5.41) is 2.59. The van der Waals surface area contributed by atoms with E-state index in [-0.39, 0.29) is 18.9 Å². The molecule has 0 aromatic heterocycles. The van der Waals surface area contributed by atoms with E-state index in [1.165, 1.54) is 6.92 Å². The molecule has 0 bridgehead atoms. The van der Waals surface area contributed by atoms with E-state index in [4.69, 9.17) is 0 Å². The molecule has 1 heterocycles. The number of piperidine rings is 1. The van der Waals surface area contributed by atoms with Gasteiger partial charge in [0.1, 0.15) is 0 Å². The minimum absolute atomic E-state index is 0.0103. The number of hydrogen-bond donors (Lipinski definition) is 1. The predicted molar refractivity (Wildman–Crippen MR) is 49.3 cm³/mol. The van der Waals surface area contributed by atoms with E-state index in [0.717, 1.165) is 0 Å². The van der Waals surface area contributed by atoms with E-state index in [9.17, 15) is 13.6 Å². The van der Waals surface area contributed by atoms with E-state index in [0.29, 0.717) is 26.1 Å². The van der Waals surface area contributed by atoms with Crippen molar-refractivity contribution in [1.29, 1.82) is 0 Å². The highest BCUT2D eigenvalue weighted by molar-refractivity contribution is 5.72. The van der Waals surface area contributed by atoms with E-state index >= 15 is 0 Å². The first-order valence-corrected chi connectivity index (χ1v) is 4.84. The van der Waals surface area contributed by atoms with Crippen LogP contribution in [0.2, 0.25) is 0 Å². The molecule has 0 radical (unpaired) electrons. The number of likely N-dealkylation sites (tertiary alicyclic amines) is 1. The molecule has 1 aliphatic rings. The molecule has 0 spiro atoms. The van der Waals surface area contributed by atoms with Crippen LogP contribution in [0, 0.1) is 0 Å². The highest BCUT2D eigenvalue weighted by Crippen LogP contribution is 2.25. The summed E-state index contributed by atoms with van der Waals surface area (Å²) >= 11 is 0. The van der Waals surface area contributed by atoms with Crippen molar-refractivity contribution in [3.05, 3.63) is 0 Å². The lowest BCUT2D eigenvalue weighted by atomic mass is 10.1. The molecule has 1 fully saturated rings. The molecule has 0 atom stereocenters. The standard InChI is InChI=1S/C9H16F2N2O/c1-8(14)12-4-6-13-5-2-3-9(10,11)7-13/h2-7H2,1H3,(H,12,14). The number of hydrogen-bond acceptors (Lipinski definition) is 2. The van der Waals surface area contributed by atoms with Gasteiger partial charge in [-0.15, -0.1) is 0 Å². The molecule has 1 saturated heterocycles. The molecule has 1 N–H and O–H groups in total. The van der Waals surface area contributed by atoms with Crippen molar-refractivity contribution in [1.82, 2.24) is 10.2 Å². The van der Waals surface area contributed by atoms with Gasteiger partial charge in [0.25, 0.3) is 5.92 Å². The van der Waals surface area contributed by atoms with E-state index in [1.54, 1.807) is 4.90 Å². The summed E-state index contributed by atoms with van der Waals surface area (Å²) in [6.07, 6.45) is 0.525. The topological polar surface area (TPSA) is 32.3 Å². The maximum absolute atomic E-state index is 12.9. The molecule has 0 unspecified atom stereocenters. The van der Waals surface area contributed by atoms with Crippen LogP contribution >= 0.6 is 0 Å². The maximum Gasteiger partial charge on any atom is 0.260 e. The van der Waals surface area contributed by atoms with Gasteiger partial charge in [0.2, 0.25) is 5.91 Å². The predicted octanol–water partition coefficient (Wildman–Crippen LogP) is 0.854. The number of nitrogens with one attached hydrogen (secondary N) is 1. The number of amides is 1. The molecule has 0 aromatic rings. The van der Waals surface area contributed by atoms with Crippen LogP contribution in [0.15, 0.2) is 0 Å². The van der Waals surface area contributed by atoms with Crippen LogP contribution in [0.3, 0.4) is 0 Å². The zero-order valence-electron chi connectivity index (χ0n) is 8.35. The SMILES string of the molecule is CC(=O)NCCN1CCCC(F)(F)C1. The normalized spacial score (nSPS) is 21.9. The molecule has 1 aliphatic heterocycles. The number of nitrogens with zero attached hydrogens (tertiary/aromatic N) is 1. The average Bonchev–Trinajstić information content (AvgIpc) is 2.01. The summed E-state index contributed by atoms with van der Waals surface area (Å²) in [5.41, 5.74) is 0. The van der Waals surface area contributed by atoms with E-state index in [2.05, 4.69) is 5.32 Å². The van der Waals surface area contributed by atoms with Crippen molar-refractivity contribution in [2.24, 2.45) is 0 Å². The van der Waals surface area contributed by atoms with Gasteiger partial charge < -0.3 is 5.32 Å². The molecule has 82 valence electrons. The first-order chi connectivity index (χ1) is 6.49. The number of halogens is 2. The van der Waals surface area contributed by atoms with Gasteiger partial charge in [-0.2, -0.15) is 0 Å². The molecule has 1 amide bonds. The third kappa shape index (κ3) is 4.00. The minimum atomic E-state index is -2.55. The summed E-state index contributed by atoms with van der Waals surface area (Å²) in [7, 11) is 0. The Morgan fingerprint density at radius 1 is 1.57 bits per heavy atom. The largest absolute Gasteiger partial charge is 0.355 e. The Morgan fingerprint density at radius 3 is 2.86 bits per heavy atom. The lowest BCUT2D eigenvalue weighted by Crippen LogP contribution is -2.45. The Bertz CT molecular complexity index is 209. The van der Waals surface area contributed by atoms with Crippen LogP contribution in [-0.4, -0.2) is 42.9 Å². The Kier molecular flexibility index (Phi) is 3.80. The van der Waals surface area contributed by atoms with Crippen molar-refractivity contribution < 1.29 is 13.6 Å². The van der Waals surface area contributed by atoms with Crippen molar-refractivity contribution in [2.45, 2.75) is 25.7 Å². The third-order valence-corrected chi connectivity index (χ3v) is 2.27. The van der Waals surface area contributed by atoms with Crippen LogP contribution in [0.25, 0.3) is 0 Å². The van der Waals surface area contributed by atoms with Gasteiger partial charge in [0.15, 0.2) is 0 Å². The van der Waals surface area contributed by atoms with Gasteiger partial charge in [-0.1, -0.05) is 0 Å². The molecule has 0 aromatic carbocycles. The molecule has 0 saturated carbocycles. The highest BCUT2D eigenvalue weighted by Gasteiger charge is 2.34. The van der Waals surface area contributed by atoms with Crippen LogP contribution in [0.4, 0.5) is 8.78 Å².